The van der Waals surface area contributed by atoms with Crippen LogP contribution in [0, 0.1) is 6.92 Å². The van der Waals surface area contributed by atoms with Crippen LogP contribution in [0.1, 0.15) is 29.9 Å². The van der Waals surface area contributed by atoms with Crippen molar-refractivity contribution in [2.75, 3.05) is 0 Å². The summed E-state index contributed by atoms with van der Waals surface area (Å²) in [4.78, 5) is 8.68. The van der Waals surface area contributed by atoms with Crippen LogP contribution in [0.2, 0.25) is 0 Å². The summed E-state index contributed by atoms with van der Waals surface area (Å²) in [5, 5.41) is 13.1. The zero-order valence-electron chi connectivity index (χ0n) is 10.8. The molecule has 2 heterocycles. The van der Waals surface area contributed by atoms with Crippen molar-refractivity contribution in [1.82, 2.24) is 14.5 Å². The maximum atomic E-state index is 10.1. The van der Waals surface area contributed by atoms with Crippen LogP contribution in [-0.2, 0) is 19.4 Å². The summed E-state index contributed by atoms with van der Waals surface area (Å²) in [6.07, 6.45) is 5.63. The van der Waals surface area contributed by atoms with Crippen LogP contribution in [0.3, 0.4) is 0 Å². The first-order valence-electron chi connectivity index (χ1n) is 6.28. The van der Waals surface area contributed by atoms with E-state index in [0.717, 1.165) is 29.5 Å². The molecule has 4 nitrogen and oxygen atoms in total. The van der Waals surface area contributed by atoms with Crippen LogP contribution < -0.4 is 0 Å². The molecule has 0 aliphatic heterocycles. The molecule has 0 fully saturated rings. The van der Waals surface area contributed by atoms with Gasteiger partial charge in [-0.1, -0.05) is 6.92 Å². The van der Waals surface area contributed by atoms with E-state index in [2.05, 4.69) is 21.5 Å². The molecule has 5 heteroatoms. The number of thiazole rings is 1. The fourth-order valence-corrected chi connectivity index (χ4v) is 2.80. The molecule has 0 amide bonds. The summed E-state index contributed by atoms with van der Waals surface area (Å²) in [6, 6.07) is 0. The second kappa shape index (κ2) is 6.11. The Bertz CT molecular complexity index is 492. The van der Waals surface area contributed by atoms with Gasteiger partial charge in [-0.15, -0.1) is 11.3 Å². The molecule has 0 radical (unpaired) electrons. The Labute approximate surface area is 111 Å². The molecule has 98 valence electrons. The molecular weight excluding hydrogens is 246 g/mol. The highest BCUT2D eigenvalue weighted by Gasteiger charge is 2.12. The first kappa shape index (κ1) is 13.2. The Morgan fingerprint density at radius 1 is 1.44 bits per heavy atom. The normalized spacial score (nSPS) is 12.8. The van der Waals surface area contributed by atoms with Gasteiger partial charge in [0.15, 0.2) is 0 Å². The molecule has 0 aliphatic rings. The smallest absolute Gasteiger partial charge is 0.111 e. The second-order valence-electron chi connectivity index (χ2n) is 4.48. The molecule has 1 N–H and O–H groups in total. The van der Waals surface area contributed by atoms with E-state index in [-0.39, 0.29) is 0 Å². The van der Waals surface area contributed by atoms with Crippen molar-refractivity contribution in [3.63, 3.8) is 0 Å². The first-order valence-corrected chi connectivity index (χ1v) is 7.16. The third-order valence-corrected chi connectivity index (χ3v) is 3.75. The van der Waals surface area contributed by atoms with E-state index in [1.807, 2.05) is 18.5 Å². The summed E-state index contributed by atoms with van der Waals surface area (Å²) in [5.74, 6) is 0.956. The molecule has 18 heavy (non-hydrogen) atoms. The number of aryl methyl sites for hydroxylation is 2. The zero-order valence-corrected chi connectivity index (χ0v) is 11.7. The van der Waals surface area contributed by atoms with Gasteiger partial charge in [-0.3, -0.25) is 0 Å². The number of aromatic nitrogens is 3. The minimum absolute atomic E-state index is 0.409. The number of hydrogen-bond acceptors (Lipinski definition) is 4. The summed E-state index contributed by atoms with van der Waals surface area (Å²) in [5.41, 5.74) is 1.02. The average molecular weight is 265 g/mol. The lowest BCUT2D eigenvalue weighted by Crippen LogP contribution is -2.17. The number of aliphatic hydroxyl groups is 1. The van der Waals surface area contributed by atoms with Crippen LogP contribution in [-0.4, -0.2) is 25.7 Å². The molecule has 1 atom stereocenters. The summed E-state index contributed by atoms with van der Waals surface area (Å²) < 4.78 is 2.11. The third-order valence-electron chi connectivity index (χ3n) is 2.76. The molecule has 0 aromatic carbocycles. The fourth-order valence-electron chi connectivity index (χ4n) is 1.96. The first-order chi connectivity index (χ1) is 8.69. The van der Waals surface area contributed by atoms with Gasteiger partial charge >= 0.3 is 0 Å². The molecule has 2 aromatic heterocycles. The second-order valence-corrected chi connectivity index (χ2v) is 5.42. The van der Waals surface area contributed by atoms with Crippen LogP contribution in [0.15, 0.2) is 17.8 Å². The lowest BCUT2D eigenvalue weighted by atomic mass is 10.2. The zero-order chi connectivity index (χ0) is 13.0. The van der Waals surface area contributed by atoms with Gasteiger partial charge in [-0.25, -0.2) is 9.97 Å². The number of aliphatic hydroxyl groups excluding tert-OH is 1. The van der Waals surface area contributed by atoms with Gasteiger partial charge in [0.05, 0.1) is 11.1 Å². The predicted octanol–water partition coefficient (Wildman–Crippen LogP) is 2.20. The van der Waals surface area contributed by atoms with Gasteiger partial charge in [0, 0.05) is 42.9 Å². The summed E-state index contributed by atoms with van der Waals surface area (Å²) in [6.45, 7) is 5.07. The van der Waals surface area contributed by atoms with Crippen molar-refractivity contribution in [2.45, 2.75) is 45.8 Å². The summed E-state index contributed by atoms with van der Waals surface area (Å²) >= 11 is 1.61. The van der Waals surface area contributed by atoms with E-state index in [4.69, 9.17) is 0 Å². The lowest BCUT2D eigenvalue weighted by molar-refractivity contribution is 0.171. The molecule has 0 saturated carbocycles. The number of imidazole rings is 1. The van der Waals surface area contributed by atoms with E-state index < -0.39 is 6.10 Å². The Balaban J connectivity index is 1.94. The Hall–Kier alpha value is -1.20. The van der Waals surface area contributed by atoms with E-state index in [1.165, 1.54) is 0 Å². The van der Waals surface area contributed by atoms with E-state index in [9.17, 15) is 5.11 Å². The van der Waals surface area contributed by atoms with Gasteiger partial charge in [-0.2, -0.15) is 0 Å². The third kappa shape index (κ3) is 3.40. The molecule has 0 saturated heterocycles. The highest BCUT2D eigenvalue weighted by Crippen LogP contribution is 2.13. The van der Waals surface area contributed by atoms with Gasteiger partial charge < -0.3 is 9.67 Å². The van der Waals surface area contributed by atoms with Gasteiger partial charge in [0.2, 0.25) is 0 Å². The van der Waals surface area contributed by atoms with Crippen LogP contribution in [0.5, 0.6) is 0 Å². The Morgan fingerprint density at radius 3 is 2.94 bits per heavy atom. The molecule has 2 aromatic rings. The minimum atomic E-state index is -0.409. The largest absolute Gasteiger partial charge is 0.392 e. The van der Waals surface area contributed by atoms with Crippen molar-refractivity contribution in [3.8, 4) is 0 Å². The van der Waals surface area contributed by atoms with Gasteiger partial charge in [-0.05, 0) is 13.3 Å². The van der Waals surface area contributed by atoms with E-state index >= 15 is 0 Å². The minimum Gasteiger partial charge on any atom is -0.392 e. The molecule has 2 rings (SSSR count). The maximum absolute atomic E-state index is 10.1. The quantitative estimate of drug-likeness (QED) is 0.871. The Kier molecular flexibility index (Phi) is 4.49. The summed E-state index contributed by atoms with van der Waals surface area (Å²) in [7, 11) is 0. The highest BCUT2D eigenvalue weighted by molar-refractivity contribution is 7.09. The average Bonchev–Trinajstić information content (AvgIpc) is 2.90. The van der Waals surface area contributed by atoms with E-state index in [0.29, 0.717) is 12.8 Å². The van der Waals surface area contributed by atoms with Crippen molar-refractivity contribution in [3.05, 3.63) is 34.3 Å². The van der Waals surface area contributed by atoms with Crippen LogP contribution >= 0.6 is 11.3 Å². The van der Waals surface area contributed by atoms with Crippen molar-refractivity contribution in [1.29, 1.82) is 0 Å². The van der Waals surface area contributed by atoms with Crippen molar-refractivity contribution in [2.24, 2.45) is 0 Å². The standard InChI is InChI=1S/C13H19N3OS/c1-3-5-16-6-4-14-12(16)7-11(17)8-13-15-10(2)9-18-13/h4,6,9,11,17H,3,5,7-8H2,1-2H3. The van der Waals surface area contributed by atoms with Crippen LogP contribution in [0.25, 0.3) is 0 Å². The van der Waals surface area contributed by atoms with Gasteiger partial charge in [0.25, 0.3) is 0 Å². The van der Waals surface area contributed by atoms with Crippen molar-refractivity contribution >= 4 is 11.3 Å². The predicted molar refractivity (Wildman–Crippen MR) is 72.8 cm³/mol. The lowest BCUT2D eigenvalue weighted by Gasteiger charge is -2.10. The fraction of sp³-hybridized carbons (Fsp3) is 0.538. The van der Waals surface area contributed by atoms with Crippen LogP contribution in [0.4, 0.5) is 0 Å². The van der Waals surface area contributed by atoms with Gasteiger partial charge in [0.1, 0.15) is 5.82 Å². The number of nitrogens with zero attached hydrogens (tertiary/aromatic N) is 3. The Morgan fingerprint density at radius 2 is 2.28 bits per heavy atom. The van der Waals surface area contributed by atoms with E-state index in [1.54, 1.807) is 17.5 Å². The maximum Gasteiger partial charge on any atom is 0.111 e. The molecule has 0 spiro atoms. The van der Waals surface area contributed by atoms with Crippen molar-refractivity contribution < 1.29 is 5.11 Å². The highest BCUT2D eigenvalue weighted by atomic mass is 32.1. The molecule has 0 bridgehead atoms. The number of hydrogen-bond donors (Lipinski definition) is 1. The molecule has 1 unspecified atom stereocenters. The topological polar surface area (TPSA) is 50.9 Å². The molecular formula is C13H19N3OS. The number of rotatable bonds is 6. The SMILES string of the molecule is CCCn1ccnc1CC(O)Cc1nc(C)cs1. The molecule has 0 aliphatic carbocycles. The monoisotopic (exact) mass is 265 g/mol.